The number of nitrogens with two attached hydrogens (primary N) is 1. The Hall–Kier alpha value is -1.20. The molecule has 0 saturated heterocycles. The molecule has 1 atom stereocenters. The van der Waals surface area contributed by atoms with Gasteiger partial charge in [-0.15, -0.1) is 0 Å². The van der Waals surface area contributed by atoms with Crippen molar-refractivity contribution in [2.24, 2.45) is 12.8 Å². The molecule has 0 aliphatic carbocycles. The number of halogens is 2. The molecule has 5 heteroatoms. The Kier molecular flexibility index (Phi) is 3.31. The van der Waals surface area contributed by atoms with Crippen LogP contribution in [0.2, 0.25) is 0 Å². The number of benzene rings is 1. The van der Waals surface area contributed by atoms with Gasteiger partial charge < -0.3 is 5.73 Å². The van der Waals surface area contributed by atoms with Gasteiger partial charge in [0.1, 0.15) is 5.82 Å². The first-order valence-electron chi connectivity index (χ1n) is 5.19. The second-order valence-corrected chi connectivity index (χ2v) is 4.90. The van der Waals surface area contributed by atoms with Gasteiger partial charge in [0.05, 0.1) is 22.4 Å². The lowest BCUT2D eigenvalue weighted by molar-refractivity contribution is 0.617. The van der Waals surface area contributed by atoms with Crippen LogP contribution in [0.25, 0.3) is 0 Å². The molecule has 0 aliphatic rings. The SMILES string of the molecule is Cc1cc(F)cc(C(N)c2c(Br)cnn2C)c1. The van der Waals surface area contributed by atoms with Gasteiger partial charge in [0, 0.05) is 7.05 Å². The molecule has 0 saturated carbocycles. The maximum Gasteiger partial charge on any atom is 0.123 e. The van der Waals surface area contributed by atoms with Gasteiger partial charge >= 0.3 is 0 Å². The van der Waals surface area contributed by atoms with Gasteiger partial charge in [-0.1, -0.05) is 6.07 Å². The molecule has 2 rings (SSSR count). The second kappa shape index (κ2) is 4.58. The fraction of sp³-hybridized carbons (Fsp3) is 0.250. The van der Waals surface area contributed by atoms with Crippen LogP contribution in [-0.2, 0) is 7.05 Å². The van der Waals surface area contributed by atoms with Gasteiger partial charge in [-0.25, -0.2) is 4.39 Å². The normalized spacial score (nSPS) is 12.8. The highest BCUT2D eigenvalue weighted by Crippen LogP contribution is 2.27. The summed E-state index contributed by atoms with van der Waals surface area (Å²) in [6.45, 7) is 1.84. The van der Waals surface area contributed by atoms with Gasteiger partial charge in [-0.3, -0.25) is 4.68 Å². The van der Waals surface area contributed by atoms with Gasteiger partial charge in [0.25, 0.3) is 0 Å². The van der Waals surface area contributed by atoms with Crippen molar-refractivity contribution in [1.82, 2.24) is 9.78 Å². The Labute approximate surface area is 108 Å². The van der Waals surface area contributed by atoms with E-state index in [9.17, 15) is 4.39 Å². The molecule has 0 aliphatic heterocycles. The van der Waals surface area contributed by atoms with Crippen LogP contribution in [0, 0.1) is 12.7 Å². The number of hydrogen-bond acceptors (Lipinski definition) is 2. The molecule has 3 nitrogen and oxygen atoms in total. The monoisotopic (exact) mass is 297 g/mol. The Morgan fingerprint density at radius 2 is 2.12 bits per heavy atom. The van der Waals surface area contributed by atoms with Crippen molar-refractivity contribution in [2.75, 3.05) is 0 Å². The highest BCUT2D eigenvalue weighted by atomic mass is 79.9. The first-order valence-corrected chi connectivity index (χ1v) is 5.98. The van der Waals surface area contributed by atoms with Crippen molar-refractivity contribution in [1.29, 1.82) is 0 Å². The van der Waals surface area contributed by atoms with Crippen molar-refractivity contribution in [3.8, 4) is 0 Å². The summed E-state index contributed by atoms with van der Waals surface area (Å²) in [4.78, 5) is 0. The zero-order chi connectivity index (χ0) is 12.6. The number of aromatic nitrogens is 2. The van der Waals surface area contributed by atoms with E-state index in [-0.39, 0.29) is 5.82 Å². The van der Waals surface area contributed by atoms with Crippen LogP contribution in [-0.4, -0.2) is 9.78 Å². The van der Waals surface area contributed by atoms with Crippen LogP contribution in [0.1, 0.15) is 22.9 Å². The van der Waals surface area contributed by atoms with Crippen LogP contribution in [0.3, 0.4) is 0 Å². The highest BCUT2D eigenvalue weighted by molar-refractivity contribution is 9.10. The molecule has 1 aromatic heterocycles. The van der Waals surface area contributed by atoms with Crippen molar-refractivity contribution >= 4 is 15.9 Å². The van der Waals surface area contributed by atoms with Crippen molar-refractivity contribution in [3.63, 3.8) is 0 Å². The number of rotatable bonds is 2. The van der Waals surface area contributed by atoms with E-state index in [2.05, 4.69) is 21.0 Å². The Balaban J connectivity index is 2.47. The first kappa shape index (κ1) is 12.3. The minimum Gasteiger partial charge on any atom is -0.319 e. The van der Waals surface area contributed by atoms with Gasteiger partial charge in [0.15, 0.2) is 0 Å². The van der Waals surface area contributed by atoms with E-state index in [1.54, 1.807) is 10.9 Å². The van der Waals surface area contributed by atoms with Crippen LogP contribution in [0.5, 0.6) is 0 Å². The summed E-state index contributed by atoms with van der Waals surface area (Å²) in [6, 6.07) is 4.42. The molecule has 0 spiro atoms. The first-order chi connectivity index (χ1) is 7.99. The summed E-state index contributed by atoms with van der Waals surface area (Å²) in [5, 5.41) is 4.10. The molecule has 1 unspecified atom stereocenters. The van der Waals surface area contributed by atoms with E-state index in [0.29, 0.717) is 0 Å². The minimum absolute atomic E-state index is 0.270. The van der Waals surface area contributed by atoms with E-state index < -0.39 is 6.04 Å². The molecular weight excluding hydrogens is 285 g/mol. The van der Waals surface area contributed by atoms with E-state index in [4.69, 9.17) is 5.73 Å². The maximum absolute atomic E-state index is 13.3. The lowest BCUT2D eigenvalue weighted by atomic mass is 10.0. The maximum atomic E-state index is 13.3. The molecule has 0 bridgehead atoms. The van der Waals surface area contributed by atoms with E-state index in [1.165, 1.54) is 12.1 Å². The third-order valence-corrected chi connectivity index (χ3v) is 3.27. The fourth-order valence-electron chi connectivity index (χ4n) is 1.87. The van der Waals surface area contributed by atoms with Crippen LogP contribution < -0.4 is 5.73 Å². The van der Waals surface area contributed by atoms with Crippen molar-refractivity contribution in [3.05, 3.63) is 51.5 Å². The molecule has 0 radical (unpaired) electrons. The summed E-state index contributed by atoms with van der Waals surface area (Å²) in [6.07, 6.45) is 1.68. The largest absolute Gasteiger partial charge is 0.319 e. The number of aryl methyl sites for hydroxylation is 2. The van der Waals surface area contributed by atoms with E-state index in [1.807, 2.05) is 20.0 Å². The molecule has 2 N–H and O–H groups in total. The average Bonchev–Trinajstić information content (AvgIpc) is 2.56. The molecule has 0 fully saturated rings. The summed E-state index contributed by atoms with van der Waals surface area (Å²) >= 11 is 3.39. The standard InChI is InChI=1S/C12H13BrFN3/c1-7-3-8(5-9(14)4-7)11(15)12-10(13)6-16-17(12)2/h3-6,11H,15H2,1-2H3. The Morgan fingerprint density at radius 1 is 1.41 bits per heavy atom. The van der Waals surface area contributed by atoms with Gasteiger partial charge in [-0.05, 0) is 46.1 Å². The lowest BCUT2D eigenvalue weighted by Gasteiger charge is -2.14. The molecule has 1 aromatic carbocycles. The third kappa shape index (κ3) is 2.40. The zero-order valence-corrected chi connectivity index (χ0v) is 11.2. The van der Waals surface area contributed by atoms with Crippen molar-refractivity contribution in [2.45, 2.75) is 13.0 Å². The number of nitrogens with zero attached hydrogens (tertiary/aromatic N) is 2. The third-order valence-electron chi connectivity index (χ3n) is 2.66. The van der Waals surface area contributed by atoms with E-state index >= 15 is 0 Å². The average molecular weight is 298 g/mol. The smallest absolute Gasteiger partial charge is 0.123 e. The summed E-state index contributed by atoms with van der Waals surface area (Å²) in [5.74, 6) is -0.270. The summed E-state index contributed by atoms with van der Waals surface area (Å²) in [7, 11) is 1.81. The molecule has 0 amide bonds. The number of hydrogen-bond donors (Lipinski definition) is 1. The quantitative estimate of drug-likeness (QED) is 0.926. The molecular formula is C12H13BrFN3. The molecule has 17 heavy (non-hydrogen) atoms. The van der Waals surface area contributed by atoms with Gasteiger partial charge in [0.2, 0.25) is 0 Å². The fourth-order valence-corrected chi connectivity index (χ4v) is 2.47. The van der Waals surface area contributed by atoms with Crippen LogP contribution in [0.4, 0.5) is 4.39 Å². The minimum atomic E-state index is -0.397. The zero-order valence-electron chi connectivity index (χ0n) is 9.61. The molecule has 1 heterocycles. The summed E-state index contributed by atoms with van der Waals surface area (Å²) < 4.78 is 15.9. The van der Waals surface area contributed by atoms with Crippen molar-refractivity contribution < 1.29 is 4.39 Å². The van der Waals surface area contributed by atoms with Crippen LogP contribution in [0.15, 0.2) is 28.9 Å². The van der Waals surface area contributed by atoms with Gasteiger partial charge in [-0.2, -0.15) is 5.10 Å². The second-order valence-electron chi connectivity index (χ2n) is 4.04. The predicted molar refractivity (Wildman–Crippen MR) is 68.1 cm³/mol. The Bertz CT molecular complexity index is 511. The highest BCUT2D eigenvalue weighted by Gasteiger charge is 2.17. The topological polar surface area (TPSA) is 43.8 Å². The van der Waals surface area contributed by atoms with Crippen LogP contribution >= 0.6 is 15.9 Å². The predicted octanol–water partition coefficient (Wildman–Crippen LogP) is 2.68. The Morgan fingerprint density at radius 3 is 2.65 bits per heavy atom. The molecule has 2 aromatic rings. The summed E-state index contributed by atoms with van der Waals surface area (Å²) in [5.41, 5.74) is 8.57. The molecule has 90 valence electrons. The lowest BCUT2D eigenvalue weighted by Crippen LogP contribution is -2.16. The van der Waals surface area contributed by atoms with E-state index in [0.717, 1.165) is 21.3 Å².